The molecule has 5 nitrogen and oxygen atoms in total. The molecule has 0 saturated heterocycles. The largest absolute Gasteiger partial charge is 0.356 e. The second-order valence-corrected chi connectivity index (χ2v) is 6.39. The van der Waals surface area contributed by atoms with E-state index in [1.165, 1.54) is 0 Å². The van der Waals surface area contributed by atoms with Gasteiger partial charge in [-0.25, -0.2) is 0 Å². The Hall–Kier alpha value is -1.10. The van der Waals surface area contributed by atoms with Crippen molar-refractivity contribution in [2.24, 2.45) is 23.5 Å². The van der Waals surface area contributed by atoms with Gasteiger partial charge in [0.25, 0.3) is 0 Å². The second-order valence-electron chi connectivity index (χ2n) is 6.39. The van der Waals surface area contributed by atoms with E-state index in [-0.39, 0.29) is 23.8 Å². The summed E-state index contributed by atoms with van der Waals surface area (Å²) in [6.07, 6.45) is 2.97. The lowest BCUT2D eigenvalue weighted by Gasteiger charge is -2.31. The highest BCUT2D eigenvalue weighted by Gasteiger charge is 2.29. The molecule has 0 aliphatic heterocycles. The Bertz CT molecular complexity index is 331. The highest BCUT2D eigenvalue weighted by atomic mass is 16.2. The van der Waals surface area contributed by atoms with Crippen molar-refractivity contribution in [3.63, 3.8) is 0 Å². The third-order valence-corrected chi connectivity index (χ3v) is 3.97. The minimum Gasteiger partial charge on any atom is -0.356 e. The van der Waals surface area contributed by atoms with E-state index in [9.17, 15) is 9.59 Å². The molecule has 1 rings (SSSR count). The van der Waals surface area contributed by atoms with Gasteiger partial charge in [0.2, 0.25) is 11.8 Å². The number of rotatable bonds is 6. The zero-order chi connectivity index (χ0) is 15.1. The van der Waals surface area contributed by atoms with Crippen molar-refractivity contribution in [2.75, 3.05) is 13.1 Å². The quantitative estimate of drug-likeness (QED) is 0.680. The number of hydrogen-bond acceptors (Lipinski definition) is 3. The Labute approximate surface area is 122 Å². The summed E-state index contributed by atoms with van der Waals surface area (Å²) in [5.74, 6) is 0.970. The smallest absolute Gasteiger partial charge is 0.223 e. The molecule has 3 atom stereocenters. The van der Waals surface area contributed by atoms with Crippen molar-refractivity contribution < 1.29 is 9.59 Å². The molecular formula is C15H29N3O2. The first-order valence-electron chi connectivity index (χ1n) is 7.70. The van der Waals surface area contributed by atoms with Crippen LogP contribution in [0.4, 0.5) is 0 Å². The van der Waals surface area contributed by atoms with Gasteiger partial charge in [-0.2, -0.15) is 0 Å². The van der Waals surface area contributed by atoms with Gasteiger partial charge < -0.3 is 16.4 Å². The number of nitrogens with two attached hydrogens (primary N) is 1. The topological polar surface area (TPSA) is 84.2 Å². The number of carbonyl (C=O) groups is 2. The molecular weight excluding hydrogens is 254 g/mol. The maximum Gasteiger partial charge on any atom is 0.223 e. The van der Waals surface area contributed by atoms with Crippen LogP contribution in [0.5, 0.6) is 0 Å². The molecule has 5 heteroatoms. The maximum absolute atomic E-state index is 12.0. The summed E-state index contributed by atoms with van der Waals surface area (Å²) in [6.45, 7) is 7.31. The number of hydrogen-bond donors (Lipinski definition) is 3. The Morgan fingerprint density at radius 2 is 1.95 bits per heavy atom. The van der Waals surface area contributed by atoms with Crippen molar-refractivity contribution >= 4 is 11.8 Å². The summed E-state index contributed by atoms with van der Waals surface area (Å²) < 4.78 is 0. The fourth-order valence-corrected chi connectivity index (χ4v) is 2.51. The van der Waals surface area contributed by atoms with Crippen molar-refractivity contribution in [2.45, 2.75) is 52.5 Å². The zero-order valence-corrected chi connectivity index (χ0v) is 12.9. The average Bonchev–Trinajstić information content (AvgIpc) is 2.39. The molecule has 1 fully saturated rings. The van der Waals surface area contributed by atoms with Crippen LogP contribution in [0.1, 0.15) is 46.5 Å². The predicted molar refractivity (Wildman–Crippen MR) is 80.0 cm³/mol. The lowest BCUT2D eigenvalue weighted by atomic mass is 9.79. The lowest BCUT2D eigenvalue weighted by molar-refractivity contribution is -0.126. The van der Waals surface area contributed by atoms with E-state index in [2.05, 4.69) is 31.4 Å². The van der Waals surface area contributed by atoms with Crippen LogP contribution >= 0.6 is 0 Å². The first kappa shape index (κ1) is 17.0. The molecule has 4 N–H and O–H groups in total. The van der Waals surface area contributed by atoms with E-state index in [1.807, 2.05) is 0 Å². The normalized spacial score (nSPS) is 26.4. The monoisotopic (exact) mass is 283 g/mol. The van der Waals surface area contributed by atoms with Crippen LogP contribution in [-0.4, -0.2) is 30.9 Å². The Morgan fingerprint density at radius 1 is 1.25 bits per heavy atom. The van der Waals surface area contributed by atoms with Crippen LogP contribution in [0.25, 0.3) is 0 Å². The molecule has 1 aliphatic carbocycles. The lowest BCUT2D eigenvalue weighted by Crippen LogP contribution is -2.41. The van der Waals surface area contributed by atoms with Crippen molar-refractivity contribution in [3.05, 3.63) is 0 Å². The van der Waals surface area contributed by atoms with Gasteiger partial charge >= 0.3 is 0 Å². The summed E-state index contributed by atoms with van der Waals surface area (Å²) in [5, 5.41) is 5.71. The van der Waals surface area contributed by atoms with Crippen LogP contribution in [0, 0.1) is 17.8 Å². The summed E-state index contributed by atoms with van der Waals surface area (Å²) in [5.41, 5.74) is 5.95. The van der Waals surface area contributed by atoms with Crippen molar-refractivity contribution in [3.8, 4) is 0 Å². The van der Waals surface area contributed by atoms with Gasteiger partial charge in [-0.3, -0.25) is 9.59 Å². The van der Waals surface area contributed by atoms with Crippen molar-refractivity contribution in [1.29, 1.82) is 0 Å². The Balaban J connectivity index is 2.18. The van der Waals surface area contributed by atoms with E-state index < -0.39 is 0 Å². The number of amides is 2. The van der Waals surface area contributed by atoms with Crippen LogP contribution in [0.3, 0.4) is 0 Å². The standard InChI is InChI=1S/C15H29N3O2/c1-10(2)9-18-14(19)6-7-17-15(20)12-4-5-13(16)11(3)8-12/h10-13H,4-9,16H2,1-3H3,(H,17,20)(H,18,19). The molecule has 0 spiro atoms. The zero-order valence-electron chi connectivity index (χ0n) is 12.9. The average molecular weight is 283 g/mol. The number of carbonyl (C=O) groups excluding carboxylic acids is 2. The minimum atomic E-state index is -0.00182. The van der Waals surface area contributed by atoms with Gasteiger partial charge in [-0.1, -0.05) is 20.8 Å². The minimum absolute atomic E-state index is 0.00182. The molecule has 2 amide bonds. The summed E-state index contributed by atoms with van der Waals surface area (Å²) in [4.78, 5) is 23.5. The Kier molecular flexibility index (Phi) is 6.99. The molecule has 116 valence electrons. The van der Waals surface area contributed by atoms with Gasteiger partial charge in [0.1, 0.15) is 0 Å². The van der Waals surface area contributed by atoms with Gasteiger partial charge in [0, 0.05) is 31.5 Å². The van der Waals surface area contributed by atoms with E-state index in [0.29, 0.717) is 31.3 Å². The van der Waals surface area contributed by atoms with Crippen LogP contribution in [-0.2, 0) is 9.59 Å². The molecule has 0 radical (unpaired) electrons. The summed E-state index contributed by atoms with van der Waals surface area (Å²) >= 11 is 0. The molecule has 1 saturated carbocycles. The summed E-state index contributed by atoms with van der Waals surface area (Å²) in [6, 6.07) is 0.223. The molecule has 1 aliphatic rings. The van der Waals surface area contributed by atoms with E-state index in [0.717, 1.165) is 19.3 Å². The van der Waals surface area contributed by atoms with Crippen LogP contribution in [0.15, 0.2) is 0 Å². The number of nitrogens with one attached hydrogen (secondary N) is 2. The molecule has 3 unspecified atom stereocenters. The fourth-order valence-electron chi connectivity index (χ4n) is 2.51. The second kappa shape index (κ2) is 8.25. The van der Waals surface area contributed by atoms with Crippen molar-refractivity contribution in [1.82, 2.24) is 10.6 Å². The highest BCUT2D eigenvalue weighted by molar-refractivity contribution is 5.80. The molecule has 0 aromatic carbocycles. The van der Waals surface area contributed by atoms with Crippen LogP contribution in [0.2, 0.25) is 0 Å². The van der Waals surface area contributed by atoms with Gasteiger partial charge in [-0.15, -0.1) is 0 Å². The summed E-state index contributed by atoms with van der Waals surface area (Å²) in [7, 11) is 0. The third-order valence-electron chi connectivity index (χ3n) is 3.97. The first-order chi connectivity index (χ1) is 9.40. The third kappa shape index (κ3) is 5.90. The SMILES string of the molecule is CC(C)CNC(=O)CCNC(=O)C1CCC(N)C(C)C1. The maximum atomic E-state index is 12.0. The van der Waals surface area contributed by atoms with E-state index in [1.54, 1.807) is 0 Å². The highest BCUT2D eigenvalue weighted by Crippen LogP contribution is 2.27. The van der Waals surface area contributed by atoms with E-state index >= 15 is 0 Å². The van der Waals surface area contributed by atoms with Gasteiger partial charge in [-0.05, 0) is 31.1 Å². The molecule has 0 bridgehead atoms. The molecule has 0 aromatic heterocycles. The molecule has 20 heavy (non-hydrogen) atoms. The molecule has 0 heterocycles. The Morgan fingerprint density at radius 3 is 2.55 bits per heavy atom. The molecule has 0 aromatic rings. The van der Waals surface area contributed by atoms with Crippen LogP contribution < -0.4 is 16.4 Å². The first-order valence-corrected chi connectivity index (χ1v) is 7.70. The predicted octanol–water partition coefficient (Wildman–Crippen LogP) is 1.03. The van der Waals surface area contributed by atoms with Gasteiger partial charge in [0.05, 0.1) is 0 Å². The van der Waals surface area contributed by atoms with Gasteiger partial charge in [0.15, 0.2) is 0 Å². The fraction of sp³-hybridized carbons (Fsp3) is 0.867. The van der Waals surface area contributed by atoms with E-state index in [4.69, 9.17) is 5.73 Å².